The van der Waals surface area contributed by atoms with E-state index in [1.807, 2.05) is 0 Å². The molecule has 1 aliphatic rings. The van der Waals surface area contributed by atoms with E-state index in [1.54, 1.807) is 12.4 Å². The number of hydrogen-bond acceptors (Lipinski definition) is 2. The Morgan fingerprint density at radius 1 is 1.35 bits per heavy atom. The minimum absolute atomic E-state index is 0.227. The lowest BCUT2D eigenvalue weighted by molar-refractivity contribution is -0.151. The zero-order valence-electron chi connectivity index (χ0n) is 9.82. The van der Waals surface area contributed by atoms with Crippen LogP contribution in [0.15, 0.2) is 17.2 Å². The Balaban J connectivity index is 2.25. The minimum atomic E-state index is -0.771. The fourth-order valence-corrected chi connectivity index (χ4v) is 2.64. The first kappa shape index (κ1) is 12.0. The van der Waals surface area contributed by atoms with Crippen molar-refractivity contribution in [3.8, 4) is 0 Å². The molecule has 94 valence electrons. The molecule has 1 aliphatic carbocycles. The average molecular weight is 238 g/mol. The van der Waals surface area contributed by atoms with Gasteiger partial charge in [-0.25, -0.2) is 4.79 Å². The monoisotopic (exact) mass is 238 g/mol. The molecule has 0 amide bonds. The molecule has 0 saturated heterocycles. The van der Waals surface area contributed by atoms with Gasteiger partial charge in [-0.15, -0.1) is 0 Å². The summed E-state index contributed by atoms with van der Waals surface area (Å²) in [6.07, 6.45) is 8.57. The van der Waals surface area contributed by atoms with Gasteiger partial charge in [-0.2, -0.15) is 0 Å². The second kappa shape index (κ2) is 4.77. The molecule has 0 spiro atoms. The number of carboxylic acids is 1. The Bertz CT molecular complexity index is 439. The summed E-state index contributed by atoms with van der Waals surface area (Å²) in [4.78, 5) is 25.5. The van der Waals surface area contributed by atoms with Gasteiger partial charge in [0.2, 0.25) is 0 Å². The maximum atomic E-state index is 11.5. The maximum absolute atomic E-state index is 11.5. The molecule has 2 N–H and O–H groups in total. The van der Waals surface area contributed by atoms with Crippen molar-refractivity contribution in [3.63, 3.8) is 0 Å². The smallest absolute Gasteiger partial charge is 0.325 e. The van der Waals surface area contributed by atoms with E-state index in [1.165, 1.54) is 4.57 Å². The highest BCUT2D eigenvalue weighted by Gasteiger charge is 2.39. The Labute approximate surface area is 99.5 Å². The van der Waals surface area contributed by atoms with Gasteiger partial charge in [0.15, 0.2) is 0 Å². The number of hydrogen-bond donors (Lipinski definition) is 2. The Hall–Kier alpha value is -1.52. The zero-order chi connectivity index (χ0) is 12.3. The van der Waals surface area contributed by atoms with E-state index in [0.717, 1.165) is 25.7 Å². The third-order valence-electron chi connectivity index (χ3n) is 3.71. The quantitative estimate of drug-likeness (QED) is 0.785. The van der Waals surface area contributed by atoms with Crippen molar-refractivity contribution in [1.29, 1.82) is 0 Å². The van der Waals surface area contributed by atoms with Crippen LogP contribution in [-0.2, 0) is 11.3 Å². The summed E-state index contributed by atoms with van der Waals surface area (Å²) in [6.45, 7) is 0.282. The largest absolute Gasteiger partial charge is 0.481 e. The standard InChI is InChI=1S/C12H18N2O3/c15-10(16)12(5-3-1-2-4-6-12)9-14-8-7-13-11(14)17/h7-8H,1-6,9H2,(H,13,17)(H,15,16). The lowest BCUT2D eigenvalue weighted by Crippen LogP contribution is -2.37. The molecule has 1 saturated carbocycles. The fraction of sp³-hybridized carbons (Fsp3) is 0.667. The highest BCUT2D eigenvalue weighted by atomic mass is 16.4. The van der Waals surface area contributed by atoms with E-state index in [2.05, 4.69) is 4.98 Å². The number of imidazole rings is 1. The number of rotatable bonds is 3. The number of H-pyrrole nitrogens is 1. The summed E-state index contributed by atoms with van der Waals surface area (Å²) in [5.41, 5.74) is -0.988. The van der Waals surface area contributed by atoms with Crippen LogP contribution < -0.4 is 5.69 Å². The van der Waals surface area contributed by atoms with Crippen LogP contribution in [0.1, 0.15) is 38.5 Å². The highest BCUT2D eigenvalue weighted by Crippen LogP contribution is 2.36. The van der Waals surface area contributed by atoms with Gasteiger partial charge in [0.1, 0.15) is 0 Å². The summed E-state index contributed by atoms with van der Waals surface area (Å²) < 4.78 is 1.47. The van der Waals surface area contributed by atoms with Gasteiger partial charge in [0.25, 0.3) is 0 Å². The molecule has 0 atom stereocenters. The molecule has 1 fully saturated rings. The van der Waals surface area contributed by atoms with Gasteiger partial charge in [-0.1, -0.05) is 25.7 Å². The van der Waals surface area contributed by atoms with Crippen molar-refractivity contribution in [3.05, 3.63) is 22.9 Å². The topological polar surface area (TPSA) is 75.1 Å². The lowest BCUT2D eigenvalue weighted by Gasteiger charge is -2.27. The van der Waals surface area contributed by atoms with Crippen LogP contribution in [0.3, 0.4) is 0 Å². The van der Waals surface area contributed by atoms with Gasteiger partial charge in [-0.05, 0) is 12.8 Å². The van der Waals surface area contributed by atoms with Crippen molar-refractivity contribution in [2.45, 2.75) is 45.1 Å². The SMILES string of the molecule is O=C(O)C1(Cn2cc[nH]c2=O)CCCCCC1. The second-order valence-electron chi connectivity index (χ2n) is 4.89. The molecular weight excluding hydrogens is 220 g/mol. The molecule has 1 aromatic rings. The number of aromatic amines is 1. The minimum Gasteiger partial charge on any atom is -0.481 e. The van der Waals surface area contributed by atoms with Crippen LogP contribution in [0.5, 0.6) is 0 Å². The van der Waals surface area contributed by atoms with Crippen LogP contribution in [0.25, 0.3) is 0 Å². The second-order valence-corrected chi connectivity index (χ2v) is 4.89. The number of carbonyl (C=O) groups is 1. The summed E-state index contributed by atoms with van der Waals surface area (Å²) >= 11 is 0. The van der Waals surface area contributed by atoms with Gasteiger partial charge >= 0.3 is 11.7 Å². The number of carboxylic acid groups (broad SMARTS) is 1. The van der Waals surface area contributed by atoms with Crippen molar-refractivity contribution in [1.82, 2.24) is 9.55 Å². The first-order chi connectivity index (χ1) is 8.14. The van der Waals surface area contributed by atoms with Gasteiger partial charge in [0, 0.05) is 18.9 Å². The summed E-state index contributed by atoms with van der Waals surface area (Å²) in [5, 5.41) is 9.48. The fourth-order valence-electron chi connectivity index (χ4n) is 2.64. The molecule has 0 aromatic carbocycles. The van der Waals surface area contributed by atoms with Crippen molar-refractivity contribution >= 4 is 5.97 Å². The molecule has 17 heavy (non-hydrogen) atoms. The molecule has 0 radical (unpaired) electrons. The molecule has 5 nitrogen and oxygen atoms in total. The Morgan fingerprint density at radius 2 is 2.00 bits per heavy atom. The number of nitrogens with one attached hydrogen (secondary N) is 1. The highest BCUT2D eigenvalue weighted by molar-refractivity contribution is 5.74. The number of nitrogens with zero attached hydrogens (tertiary/aromatic N) is 1. The van der Waals surface area contributed by atoms with Crippen LogP contribution in [-0.4, -0.2) is 20.6 Å². The average Bonchev–Trinajstić information content (AvgIpc) is 2.54. The maximum Gasteiger partial charge on any atom is 0.325 e. The van der Waals surface area contributed by atoms with Crippen LogP contribution >= 0.6 is 0 Å². The first-order valence-electron chi connectivity index (χ1n) is 6.11. The molecular formula is C12H18N2O3. The van der Waals surface area contributed by atoms with E-state index in [4.69, 9.17) is 0 Å². The third kappa shape index (κ3) is 2.43. The third-order valence-corrected chi connectivity index (χ3v) is 3.71. The van der Waals surface area contributed by atoms with Gasteiger partial charge < -0.3 is 10.1 Å². The molecule has 0 unspecified atom stereocenters. The Kier molecular flexibility index (Phi) is 3.36. The van der Waals surface area contributed by atoms with E-state index in [-0.39, 0.29) is 12.2 Å². The molecule has 0 bridgehead atoms. The van der Waals surface area contributed by atoms with E-state index in [9.17, 15) is 14.7 Å². The Morgan fingerprint density at radius 3 is 2.47 bits per heavy atom. The van der Waals surface area contributed by atoms with Gasteiger partial charge in [0.05, 0.1) is 5.41 Å². The molecule has 1 aromatic heterocycles. The van der Waals surface area contributed by atoms with Gasteiger partial charge in [-0.3, -0.25) is 9.36 Å². The molecule has 0 aliphatic heterocycles. The normalized spacial score (nSPS) is 19.8. The van der Waals surface area contributed by atoms with Crippen LogP contribution in [0.4, 0.5) is 0 Å². The zero-order valence-corrected chi connectivity index (χ0v) is 9.82. The number of aromatic nitrogens is 2. The first-order valence-corrected chi connectivity index (χ1v) is 6.11. The van der Waals surface area contributed by atoms with E-state index in [0.29, 0.717) is 12.8 Å². The summed E-state index contributed by atoms with van der Waals surface area (Å²) in [7, 11) is 0. The molecule has 5 heteroatoms. The number of aliphatic carboxylic acids is 1. The summed E-state index contributed by atoms with van der Waals surface area (Å²) in [5.74, 6) is -0.771. The van der Waals surface area contributed by atoms with Crippen LogP contribution in [0, 0.1) is 5.41 Å². The predicted octanol–water partition coefficient (Wildman–Crippen LogP) is 1.60. The van der Waals surface area contributed by atoms with E-state index >= 15 is 0 Å². The van der Waals surface area contributed by atoms with Crippen LogP contribution in [0.2, 0.25) is 0 Å². The lowest BCUT2D eigenvalue weighted by atomic mass is 9.80. The van der Waals surface area contributed by atoms with Crippen molar-refractivity contribution < 1.29 is 9.90 Å². The van der Waals surface area contributed by atoms with Crippen molar-refractivity contribution in [2.24, 2.45) is 5.41 Å². The van der Waals surface area contributed by atoms with E-state index < -0.39 is 11.4 Å². The molecule has 1 heterocycles. The molecule has 2 rings (SSSR count). The van der Waals surface area contributed by atoms with Crippen molar-refractivity contribution in [2.75, 3.05) is 0 Å². The predicted molar refractivity (Wildman–Crippen MR) is 62.8 cm³/mol. The summed E-state index contributed by atoms with van der Waals surface area (Å²) in [6, 6.07) is 0.